The molecule has 0 radical (unpaired) electrons. The highest BCUT2D eigenvalue weighted by Crippen LogP contribution is 2.21. The van der Waals surface area contributed by atoms with Gasteiger partial charge < -0.3 is 14.9 Å². The lowest BCUT2D eigenvalue weighted by Gasteiger charge is -2.29. The Morgan fingerprint density at radius 1 is 1.19 bits per heavy atom. The predicted octanol–water partition coefficient (Wildman–Crippen LogP) is 0.746. The van der Waals surface area contributed by atoms with Crippen LogP contribution in [0.4, 0.5) is 0 Å². The normalized spacial score (nSPS) is 18.5. The maximum absolute atomic E-state index is 12.7. The van der Waals surface area contributed by atoms with Crippen molar-refractivity contribution in [1.29, 1.82) is 0 Å². The van der Waals surface area contributed by atoms with Crippen LogP contribution in [0, 0.1) is 23.7 Å². The summed E-state index contributed by atoms with van der Waals surface area (Å²) >= 11 is 0. The molecule has 1 N–H and O–H groups in total. The molecule has 2 atom stereocenters. The molecule has 0 aromatic rings. The molecule has 0 aromatic carbocycles. The first-order valence-corrected chi connectivity index (χ1v) is 8.87. The Hall–Kier alpha value is -2.07. The van der Waals surface area contributed by atoms with E-state index in [4.69, 9.17) is 0 Å². The van der Waals surface area contributed by atoms with E-state index >= 15 is 0 Å². The van der Waals surface area contributed by atoms with Gasteiger partial charge in [-0.25, -0.2) is 4.79 Å². The van der Waals surface area contributed by atoms with Gasteiger partial charge in [-0.1, -0.05) is 19.8 Å². The number of rotatable bonds is 5. The number of amides is 2. The van der Waals surface area contributed by atoms with E-state index in [0.717, 1.165) is 0 Å². The van der Waals surface area contributed by atoms with Gasteiger partial charge in [-0.15, -0.1) is 0 Å². The summed E-state index contributed by atoms with van der Waals surface area (Å²) in [5.41, 5.74) is -0.420. The number of carbonyl (C=O) groups is 3. The molecular weight excluding hydrogens is 334 g/mol. The highest BCUT2D eigenvalue weighted by molar-refractivity contribution is 5.94. The lowest BCUT2D eigenvalue weighted by atomic mass is 10.0. The van der Waals surface area contributed by atoms with E-state index in [0.29, 0.717) is 13.0 Å². The van der Waals surface area contributed by atoms with Gasteiger partial charge in [-0.05, 0) is 46.2 Å². The Kier molecular flexibility index (Phi) is 7.22. The Labute approximate surface area is 156 Å². The van der Waals surface area contributed by atoms with Gasteiger partial charge in [-0.3, -0.25) is 14.5 Å². The van der Waals surface area contributed by atoms with Gasteiger partial charge >= 0.3 is 5.97 Å². The molecule has 1 aliphatic rings. The van der Waals surface area contributed by atoms with Gasteiger partial charge in [0, 0.05) is 20.1 Å². The van der Waals surface area contributed by atoms with Crippen LogP contribution in [0.15, 0.2) is 0 Å². The van der Waals surface area contributed by atoms with Crippen LogP contribution < -0.4 is 0 Å². The topological polar surface area (TPSA) is 81.2 Å². The second kappa shape index (κ2) is 8.54. The van der Waals surface area contributed by atoms with Crippen LogP contribution in [0.2, 0.25) is 0 Å². The summed E-state index contributed by atoms with van der Waals surface area (Å²) in [4.78, 5) is 41.2. The average Bonchev–Trinajstić information content (AvgIpc) is 3.00. The molecule has 146 valence electrons. The molecule has 1 fully saturated rings. The van der Waals surface area contributed by atoms with Crippen molar-refractivity contribution in [1.82, 2.24) is 14.7 Å². The molecule has 0 aliphatic carbocycles. The number of aliphatic carboxylic acids is 1. The van der Waals surface area contributed by atoms with Crippen molar-refractivity contribution in [3.63, 3.8) is 0 Å². The molecule has 0 saturated carbocycles. The zero-order valence-electron chi connectivity index (χ0n) is 16.9. The minimum absolute atomic E-state index is 0.195. The minimum Gasteiger partial charge on any atom is -0.480 e. The first-order chi connectivity index (χ1) is 11.9. The number of carbonyl (C=O) groups excluding carboxylic acids is 2. The van der Waals surface area contributed by atoms with E-state index in [2.05, 4.69) is 11.8 Å². The number of hydrogen-bond donors (Lipinski definition) is 1. The molecule has 0 unspecified atom stereocenters. The smallest absolute Gasteiger partial charge is 0.326 e. The Morgan fingerprint density at radius 3 is 2.23 bits per heavy atom. The largest absolute Gasteiger partial charge is 0.480 e. The van der Waals surface area contributed by atoms with Gasteiger partial charge in [0.05, 0.1) is 11.5 Å². The summed E-state index contributed by atoms with van der Waals surface area (Å²) in [5, 5.41) is 9.36. The van der Waals surface area contributed by atoms with E-state index in [1.807, 2.05) is 32.8 Å². The fourth-order valence-corrected chi connectivity index (χ4v) is 2.87. The van der Waals surface area contributed by atoms with Gasteiger partial charge in [0.2, 0.25) is 5.91 Å². The fourth-order valence-electron chi connectivity index (χ4n) is 2.87. The van der Waals surface area contributed by atoms with E-state index in [1.54, 1.807) is 18.7 Å². The molecule has 7 heteroatoms. The summed E-state index contributed by atoms with van der Waals surface area (Å²) < 4.78 is 0. The number of likely N-dealkylation sites (tertiary alicyclic amines) is 1. The number of carboxylic acid groups (broad SMARTS) is 1. The quantitative estimate of drug-likeness (QED) is 0.727. The molecule has 1 aliphatic heterocycles. The van der Waals surface area contributed by atoms with Gasteiger partial charge in [0.1, 0.15) is 6.04 Å². The Balaban J connectivity index is 2.77. The van der Waals surface area contributed by atoms with Gasteiger partial charge in [0.15, 0.2) is 0 Å². The SMILES string of the molecule is CC(C)[C@@H](C(=O)O)N(C)C(=O)[C@H]1CCN(C(=O)C#CC(C)(C)N(C)C)C1. The molecule has 1 rings (SSSR count). The first kappa shape index (κ1) is 22.0. The summed E-state index contributed by atoms with van der Waals surface area (Å²) in [5.74, 6) is 3.51. The van der Waals surface area contributed by atoms with E-state index in [-0.39, 0.29) is 30.2 Å². The lowest BCUT2D eigenvalue weighted by Crippen LogP contribution is -2.48. The van der Waals surface area contributed by atoms with E-state index in [9.17, 15) is 19.5 Å². The van der Waals surface area contributed by atoms with Crippen LogP contribution >= 0.6 is 0 Å². The molecule has 1 saturated heterocycles. The monoisotopic (exact) mass is 365 g/mol. The van der Waals surface area contributed by atoms with Crippen molar-refractivity contribution in [3.05, 3.63) is 0 Å². The molecule has 1 heterocycles. The van der Waals surface area contributed by atoms with Crippen LogP contribution in [0.25, 0.3) is 0 Å². The van der Waals surface area contributed by atoms with Crippen LogP contribution in [-0.2, 0) is 14.4 Å². The van der Waals surface area contributed by atoms with E-state index < -0.39 is 17.6 Å². The van der Waals surface area contributed by atoms with Crippen LogP contribution in [0.1, 0.15) is 34.1 Å². The van der Waals surface area contributed by atoms with Gasteiger partial charge in [-0.2, -0.15) is 0 Å². The third-order valence-electron chi connectivity index (χ3n) is 5.07. The zero-order valence-corrected chi connectivity index (χ0v) is 16.9. The summed E-state index contributed by atoms with van der Waals surface area (Å²) in [7, 11) is 5.31. The molecule has 0 bridgehead atoms. The second-order valence-corrected chi connectivity index (χ2v) is 7.92. The molecule has 0 aromatic heterocycles. The van der Waals surface area contributed by atoms with Crippen molar-refractivity contribution in [2.24, 2.45) is 11.8 Å². The Morgan fingerprint density at radius 2 is 1.77 bits per heavy atom. The highest BCUT2D eigenvalue weighted by atomic mass is 16.4. The predicted molar refractivity (Wildman–Crippen MR) is 99.3 cm³/mol. The zero-order chi connectivity index (χ0) is 20.2. The van der Waals surface area contributed by atoms with Crippen LogP contribution in [-0.4, -0.2) is 83.4 Å². The van der Waals surface area contributed by atoms with Crippen molar-refractivity contribution in [3.8, 4) is 11.8 Å². The molecule has 2 amide bonds. The maximum atomic E-state index is 12.7. The fraction of sp³-hybridized carbons (Fsp3) is 0.737. The maximum Gasteiger partial charge on any atom is 0.326 e. The van der Waals surface area contributed by atoms with Crippen molar-refractivity contribution in [2.45, 2.75) is 45.7 Å². The van der Waals surface area contributed by atoms with Crippen molar-refractivity contribution < 1.29 is 19.5 Å². The molecular formula is C19H31N3O4. The van der Waals surface area contributed by atoms with Crippen LogP contribution in [0.3, 0.4) is 0 Å². The Bertz CT molecular complexity index is 616. The minimum atomic E-state index is -1.02. The van der Waals surface area contributed by atoms with Gasteiger partial charge in [0.25, 0.3) is 5.91 Å². The van der Waals surface area contributed by atoms with Crippen molar-refractivity contribution in [2.75, 3.05) is 34.2 Å². The second-order valence-electron chi connectivity index (χ2n) is 7.92. The summed E-state index contributed by atoms with van der Waals surface area (Å²) in [6.45, 7) is 8.14. The first-order valence-electron chi connectivity index (χ1n) is 8.87. The highest BCUT2D eigenvalue weighted by Gasteiger charge is 2.37. The summed E-state index contributed by atoms with van der Waals surface area (Å²) in [6.07, 6.45) is 0.526. The molecule has 7 nitrogen and oxygen atoms in total. The van der Waals surface area contributed by atoms with E-state index in [1.165, 1.54) is 11.9 Å². The molecule has 26 heavy (non-hydrogen) atoms. The third kappa shape index (κ3) is 5.21. The number of carboxylic acids is 1. The van der Waals surface area contributed by atoms with Crippen LogP contribution in [0.5, 0.6) is 0 Å². The average molecular weight is 365 g/mol. The third-order valence-corrected chi connectivity index (χ3v) is 5.07. The number of nitrogens with zero attached hydrogens (tertiary/aromatic N) is 3. The standard InChI is InChI=1S/C19H31N3O4/c1-13(2)16(18(25)26)21(7)17(24)14-9-11-22(12-14)15(23)8-10-19(3,4)20(5)6/h13-14,16H,9,11-12H2,1-7H3,(H,25,26)/t14-,16-/m0/s1. The van der Waals surface area contributed by atoms with Crippen molar-refractivity contribution >= 4 is 17.8 Å². The molecule has 0 spiro atoms. The number of likely N-dealkylation sites (N-methyl/N-ethyl adjacent to an activating group) is 1. The summed E-state index contributed by atoms with van der Waals surface area (Å²) in [6, 6.07) is -0.868. The lowest BCUT2D eigenvalue weighted by molar-refractivity contribution is -0.152. The number of hydrogen-bond acceptors (Lipinski definition) is 4.